The number of nitrogens with zero attached hydrogens (tertiary/aromatic N) is 1. The standard InChI is InChI=1S/C19H21FN2O/c20-18-7-4-8-19(17(18)14-23)21-16-9-11-22(12-10-16)13-15-5-2-1-3-6-15/h1-8,14,16,21H,9-13H2. The van der Waals surface area contributed by atoms with E-state index >= 15 is 0 Å². The number of nitrogens with one attached hydrogen (secondary N) is 1. The first kappa shape index (κ1) is 15.7. The molecule has 1 N–H and O–H groups in total. The summed E-state index contributed by atoms with van der Waals surface area (Å²) in [5, 5.41) is 3.33. The quantitative estimate of drug-likeness (QED) is 0.854. The van der Waals surface area contributed by atoms with Crippen LogP contribution in [0.2, 0.25) is 0 Å². The molecule has 1 aliphatic heterocycles. The molecule has 0 spiro atoms. The first-order chi connectivity index (χ1) is 11.3. The number of benzene rings is 2. The lowest BCUT2D eigenvalue weighted by molar-refractivity contribution is 0.112. The number of aldehydes is 1. The van der Waals surface area contributed by atoms with Crippen LogP contribution < -0.4 is 5.32 Å². The van der Waals surface area contributed by atoms with Crippen molar-refractivity contribution in [3.63, 3.8) is 0 Å². The van der Waals surface area contributed by atoms with Gasteiger partial charge in [0.05, 0.1) is 5.56 Å². The van der Waals surface area contributed by atoms with Gasteiger partial charge in [-0.25, -0.2) is 4.39 Å². The number of carbonyl (C=O) groups is 1. The van der Waals surface area contributed by atoms with E-state index < -0.39 is 5.82 Å². The number of hydrogen-bond donors (Lipinski definition) is 1. The SMILES string of the molecule is O=Cc1c(F)cccc1NC1CCN(Cc2ccccc2)CC1. The van der Waals surface area contributed by atoms with Crippen molar-refractivity contribution in [1.29, 1.82) is 0 Å². The van der Waals surface area contributed by atoms with Gasteiger partial charge in [0.25, 0.3) is 0 Å². The van der Waals surface area contributed by atoms with Crippen LogP contribution in [0.1, 0.15) is 28.8 Å². The highest BCUT2D eigenvalue weighted by atomic mass is 19.1. The molecule has 3 rings (SSSR count). The average molecular weight is 312 g/mol. The van der Waals surface area contributed by atoms with Crippen LogP contribution in [0.5, 0.6) is 0 Å². The molecule has 2 aromatic carbocycles. The van der Waals surface area contributed by atoms with E-state index in [1.54, 1.807) is 12.1 Å². The number of piperidine rings is 1. The molecule has 1 aliphatic rings. The van der Waals surface area contributed by atoms with Gasteiger partial charge in [-0.1, -0.05) is 36.4 Å². The smallest absolute Gasteiger partial charge is 0.155 e. The zero-order chi connectivity index (χ0) is 16.1. The third-order valence-corrected chi connectivity index (χ3v) is 4.37. The maximum Gasteiger partial charge on any atom is 0.155 e. The molecule has 1 heterocycles. The molecule has 0 aromatic heterocycles. The van der Waals surface area contributed by atoms with Gasteiger partial charge in [0, 0.05) is 31.4 Å². The molecular weight excluding hydrogens is 291 g/mol. The largest absolute Gasteiger partial charge is 0.382 e. The highest BCUT2D eigenvalue weighted by Gasteiger charge is 2.20. The fraction of sp³-hybridized carbons (Fsp3) is 0.316. The van der Waals surface area contributed by atoms with Gasteiger partial charge >= 0.3 is 0 Å². The molecule has 0 aliphatic carbocycles. The zero-order valence-electron chi connectivity index (χ0n) is 13.0. The van der Waals surface area contributed by atoms with E-state index in [2.05, 4.69) is 34.5 Å². The number of halogens is 1. The van der Waals surface area contributed by atoms with Gasteiger partial charge < -0.3 is 5.32 Å². The molecule has 0 bridgehead atoms. The molecule has 2 aromatic rings. The van der Waals surface area contributed by atoms with E-state index in [1.165, 1.54) is 11.6 Å². The molecule has 0 amide bonds. The summed E-state index contributed by atoms with van der Waals surface area (Å²) in [6, 6.07) is 15.4. The minimum absolute atomic E-state index is 0.124. The molecule has 120 valence electrons. The lowest BCUT2D eigenvalue weighted by atomic mass is 10.0. The van der Waals surface area contributed by atoms with Gasteiger partial charge in [0.1, 0.15) is 5.82 Å². The van der Waals surface area contributed by atoms with E-state index in [0.29, 0.717) is 12.0 Å². The first-order valence-electron chi connectivity index (χ1n) is 8.03. The minimum Gasteiger partial charge on any atom is -0.382 e. The third kappa shape index (κ3) is 3.96. The Hall–Kier alpha value is -2.20. The predicted molar refractivity (Wildman–Crippen MR) is 90.2 cm³/mol. The molecule has 1 saturated heterocycles. The Morgan fingerprint density at radius 3 is 2.52 bits per heavy atom. The predicted octanol–water partition coefficient (Wildman–Crippen LogP) is 3.71. The second-order valence-electron chi connectivity index (χ2n) is 6.00. The Kier molecular flexibility index (Phi) is 5.03. The Labute approximate surface area is 136 Å². The maximum absolute atomic E-state index is 13.6. The van der Waals surface area contributed by atoms with Gasteiger partial charge in [-0.15, -0.1) is 0 Å². The van der Waals surface area contributed by atoms with Crippen LogP contribution in [0.15, 0.2) is 48.5 Å². The van der Waals surface area contributed by atoms with Crippen LogP contribution in [0.25, 0.3) is 0 Å². The second kappa shape index (κ2) is 7.38. The molecule has 1 fully saturated rings. The van der Waals surface area contributed by atoms with Crippen LogP contribution in [0, 0.1) is 5.82 Å². The van der Waals surface area contributed by atoms with E-state index in [1.807, 2.05) is 6.07 Å². The summed E-state index contributed by atoms with van der Waals surface area (Å²) < 4.78 is 13.6. The van der Waals surface area contributed by atoms with Crippen molar-refractivity contribution < 1.29 is 9.18 Å². The lowest BCUT2D eigenvalue weighted by Gasteiger charge is -2.33. The number of carbonyl (C=O) groups excluding carboxylic acids is 1. The van der Waals surface area contributed by atoms with Crippen LogP contribution in [-0.4, -0.2) is 30.3 Å². The molecule has 0 saturated carbocycles. The first-order valence-corrected chi connectivity index (χ1v) is 8.03. The highest BCUT2D eigenvalue weighted by Crippen LogP contribution is 2.22. The summed E-state index contributed by atoms with van der Waals surface area (Å²) in [5.74, 6) is -0.466. The molecule has 0 radical (unpaired) electrons. The van der Waals surface area contributed by atoms with E-state index in [9.17, 15) is 9.18 Å². The van der Waals surface area contributed by atoms with Crippen LogP contribution in [-0.2, 0) is 6.54 Å². The third-order valence-electron chi connectivity index (χ3n) is 4.37. The van der Waals surface area contributed by atoms with Crippen molar-refractivity contribution in [1.82, 2.24) is 4.90 Å². The average Bonchev–Trinajstić information content (AvgIpc) is 2.58. The van der Waals surface area contributed by atoms with Crippen molar-refractivity contribution in [2.75, 3.05) is 18.4 Å². The van der Waals surface area contributed by atoms with Gasteiger partial charge in [0.2, 0.25) is 0 Å². The van der Waals surface area contributed by atoms with Gasteiger partial charge in [0.15, 0.2) is 6.29 Å². The lowest BCUT2D eigenvalue weighted by Crippen LogP contribution is -2.38. The van der Waals surface area contributed by atoms with E-state index in [0.717, 1.165) is 32.5 Å². The molecule has 4 heteroatoms. The van der Waals surface area contributed by atoms with Crippen molar-refractivity contribution >= 4 is 12.0 Å². The molecular formula is C19H21FN2O. The Balaban J connectivity index is 1.55. The molecule has 0 atom stereocenters. The van der Waals surface area contributed by atoms with Crippen molar-refractivity contribution in [2.45, 2.75) is 25.4 Å². The Bertz CT molecular complexity index is 652. The number of rotatable bonds is 5. The second-order valence-corrected chi connectivity index (χ2v) is 6.00. The number of likely N-dealkylation sites (tertiary alicyclic amines) is 1. The van der Waals surface area contributed by atoms with Gasteiger partial charge in [-0.2, -0.15) is 0 Å². The van der Waals surface area contributed by atoms with Crippen LogP contribution in [0.3, 0.4) is 0 Å². The van der Waals surface area contributed by atoms with Gasteiger partial charge in [-0.3, -0.25) is 9.69 Å². The van der Waals surface area contributed by atoms with E-state index in [-0.39, 0.29) is 11.6 Å². The summed E-state index contributed by atoms with van der Waals surface area (Å²) in [7, 11) is 0. The van der Waals surface area contributed by atoms with Crippen LogP contribution >= 0.6 is 0 Å². The molecule has 0 unspecified atom stereocenters. The van der Waals surface area contributed by atoms with Crippen molar-refractivity contribution in [2.24, 2.45) is 0 Å². The molecule has 23 heavy (non-hydrogen) atoms. The van der Waals surface area contributed by atoms with Crippen LogP contribution in [0.4, 0.5) is 10.1 Å². The van der Waals surface area contributed by atoms with Crippen molar-refractivity contribution in [3.8, 4) is 0 Å². The summed E-state index contributed by atoms with van der Waals surface area (Å²) >= 11 is 0. The van der Waals surface area contributed by atoms with Crippen molar-refractivity contribution in [3.05, 3.63) is 65.5 Å². The number of hydrogen-bond acceptors (Lipinski definition) is 3. The maximum atomic E-state index is 13.6. The normalized spacial score (nSPS) is 16.2. The fourth-order valence-electron chi connectivity index (χ4n) is 3.08. The summed E-state index contributed by atoms with van der Waals surface area (Å²) in [6.45, 7) is 2.96. The zero-order valence-corrected chi connectivity index (χ0v) is 13.0. The summed E-state index contributed by atoms with van der Waals surface area (Å²) in [5.41, 5.74) is 2.05. The Morgan fingerprint density at radius 2 is 1.83 bits per heavy atom. The van der Waals surface area contributed by atoms with Gasteiger partial charge in [-0.05, 0) is 30.5 Å². The highest BCUT2D eigenvalue weighted by molar-refractivity contribution is 5.84. The minimum atomic E-state index is -0.466. The fourth-order valence-corrected chi connectivity index (χ4v) is 3.08. The number of anilines is 1. The monoisotopic (exact) mass is 312 g/mol. The topological polar surface area (TPSA) is 32.3 Å². The van der Waals surface area contributed by atoms with E-state index in [4.69, 9.17) is 0 Å². The molecule has 3 nitrogen and oxygen atoms in total. The summed E-state index contributed by atoms with van der Waals surface area (Å²) in [6.07, 6.45) is 2.56. The Morgan fingerprint density at radius 1 is 1.09 bits per heavy atom. The summed E-state index contributed by atoms with van der Waals surface area (Å²) in [4.78, 5) is 13.5.